The van der Waals surface area contributed by atoms with Crippen LogP contribution in [0, 0.1) is 0 Å². The van der Waals surface area contributed by atoms with Crippen LogP contribution >= 0.6 is 0 Å². The summed E-state index contributed by atoms with van der Waals surface area (Å²) in [4.78, 5) is 14.5. The minimum Gasteiger partial charge on any atom is -0.496 e. The number of ether oxygens (including phenoxy) is 2. The summed E-state index contributed by atoms with van der Waals surface area (Å²) in [5.74, 6) is 0.664. The molecule has 0 spiro atoms. The van der Waals surface area contributed by atoms with Gasteiger partial charge in [-0.2, -0.15) is 0 Å². The highest BCUT2D eigenvalue weighted by molar-refractivity contribution is 5.92. The van der Waals surface area contributed by atoms with E-state index in [4.69, 9.17) is 9.47 Å². The molecule has 1 heterocycles. The number of hydrogen-bond acceptors (Lipinski definition) is 4. The molecule has 1 aliphatic heterocycles. The van der Waals surface area contributed by atoms with Gasteiger partial charge in [0.15, 0.2) is 0 Å². The number of para-hydroxylation sites is 1. The summed E-state index contributed by atoms with van der Waals surface area (Å²) in [6.45, 7) is 2.60. The van der Waals surface area contributed by atoms with Gasteiger partial charge in [0.05, 0.1) is 26.2 Å². The molecule has 0 radical (unpaired) electrons. The van der Waals surface area contributed by atoms with E-state index in [1.54, 1.807) is 7.11 Å². The van der Waals surface area contributed by atoms with Crippen LogP contribution in [-0.2, 0) is 16.0 Å². The number of rotatable bonds is 5. The van der Waals surface area contributed by atoms with Crippen molar-refractivity contribution in [2.45, 2.75) is 12.5 Å². The maximum Gasteiger partial charge on any atom is 0.228 e. The molecule has 0 aliphatic carbocycles. The van der Waals surface area contributed by atoms with E-state index in [-0.39, 0.29) is 18.4 Å². The Bertz CT molecular complexity index is 715. The number of nitrogens with one attached hydrogen (secondary N) is 1. The first-order valence-corrected chi connectivity index (χ1v) is 8.47. The van der Waals surface area contributed by atoms with E-state index in [1.807, 2.05) is 48.5 Å². The first-order valence-electron chi connectivity index (χ1n) is 8.47. The monoisotopic (exact) mass is 340 g/mol. The van der Waals surface area contributed by atoms with Gasteiger partial charge in [-0.1, -0.05) is 30.3 Å². The van der Waals surface area contributed by atoms with Gasteiger partial charge in [-0.05, 0) is 30.8 Å². The Labute approximate surface area is 148 Å². The van der Waals surface area contributed by atoms with E-state index >= 15 is 0 Å². The Morgan fingerprint density at radius 1 is 1.24 bits per heavy atom. The molecule has 132 valence electrons. The quantitative estimate of drug-likeness (QED) is 0.909. The lowest BCUT2D eigenvalue weighted by atomic mass is 10.1. The lowest BCUT2D eigenvalue weighted by Gasteiger charge is -2.30. The van der Waals surface area contributed by atoms with Crippen molar-refractivity contribution in [1.82, 2.24) is 4.90 Å². The summed E-state index contributed by atoms with van der Waals surface area (Å²) in [6.07, 6.45) is 0.375. The SMILES string of the molecule is COc1ccccc1CC(=O)Nc1ccc(C2CN(C)CCO2)cc1. The van der Waals surface area contributed by atoms with E-state index in [0.29, 0.717) is 0 Å². The number of methoxy groups -OCH3 is 1. The van der Waals surface area contributed by atoms with Gasteiger partial charge < -0.3 is 19.7 Å². The third kappa shape index (κ3) is 4.59. The standard InChI is InChI=1S/C20H24N2O3/c1-22-11-12-25-19(14-22)15-7-9-17(10-8-15)21-20(23)13-16-5-3-4-6-18(16)24-2/h3-10,19H,11-14H2,1-2H3,(H,21,23). The molecule has 0 bridgehead atoms. The van der Waals surface area contributed by atoms with Crippen LogP contribution < -0.4 is 10.1 Å². The van der Waals surface area contributed by atoms with Crippen LogP contribution in [0.1, 0.15) is 17.2 Å². The normalized spacial score (nSPS) is 17.9. The molecule has 0 saturated carbocycles. The molecule has 1 saturated heterocycles. The molecule has 25 heavy (non-hydrogen) atoms. The molecular weight excluding hydrogens is 316 g/mol. The van der Waals surface area contributed by atoms with E-state index in [2.05, 4.69) is 17.3 Å². The maximum atomic E-state index is 12.3. The Morgan fingerprint density at radius 3 is 2.72 bits per heavy atom. The topological polar surface area (TPSA) is 50.8 Å². The fourth-order valence-electron chi connectivity index (χ4n) is 2.99. The highest BCUT2D eigenvalue weighted by Crippen LogP contribution is 2.23. The van der Waals surface area contributed by atoms with Crippen molar-refractivity contribution in [2.24, 2.45) is 0 Å². The van der Waals surface area contributed by atoms with E-state index in [0.717, 1.165) is 42.3 Å². The first-order chi connectivity index (χ1) is 12.2. The lowest BCUT2D eigenvalue weighted by Crippen LogP contribution is -2.35. The molecule has 0 aromatic heterocycles. The number of carbonyl (C=O) groups excluding carboxylic acids is 1. The van der Waals surface area contributed by atoms with Gasteiger partial charge in [-0.3, -0.25) is 4.79 Å². The van der Waals surface area contributed by atoms with Gasteiger partial charge in [0.1, 0.15) is 5.75 Å². The number of benzene rings is 2. The van der Waals surface area contributed by atoms with Crippen molar-refractivity contribution in [3.05, 3.63) is 59.7 Å². The predicted octanol–water partition coefficient (Wildman–Crippen LogP) is 2.88. The molecule has 5 heteroatoms. The summed E-state index contributed by atoms with van der Waals surface area (Å²) >= 11 is 0. The molecule has 1 aliphatic rings. The van der Waals surface area contributed by atoms with E-state index in [1.165, 1.54) is 0 Å². The number of morpholine rings is 1. The minimum atomic E-state index is -0.0640. The summed E-state index contributed by atoms with van der Waals surface area (Å²) in [5, 5.41) is 2.93. The molecule has 2 aromatic rings. The van der Waals surface area contributed by atoms with Crippen molar-refractivity contribution in [2.75, 3.05) is 39.2 Å². The Kier molecular flexibility index (Phi) is 5.68. The number of likely N-dealkylation sites (N-methyl/N-ethyl adjacent to an activating group) is 1. The third-order valence-corrected chi connectivity index (χ3v) is 4.38. The lowest BCUT2D eigenvalue weighted by molar-refractivity contribution is -0.115. The average Bonchev–Trinajstić information content (AvgIpc) is 2.63. The van der Waals surface area contributed by atoms with Crippen LogP contribution in [0.3, 0.4) is 0 Å². The highest BCUT2D eigenvalue weighted by atomic mass is 16.5. The second-order valence-corrected chi connectivity index (χ2v) is 6.28. The van der Waals surface area contributed by atoms with Crippen LogP contribution in [0.5, 0.6) is 5.75 Å². The zero-order chi connectivity index (χ0) is 17.6. The Hall–Kier alpha value is -2.37. The van der Waals surface area contributed by atoms with Crippen LogP contribution in [0.2, 0.25) is 0 Å². The fourth-order valence-corrected chi connectivity index (χ4v) is 2.99. The minimum absolute atomic E-state index is 0.0640. The third-order valence-electron chi connectivity index (χ3n) is 4.38. The van der Waals surface area contributed by atoms with Crippen molar-refractivity contribution >= 4 is 11.6 Å². The van der Waals surface area contributed by atoms with Gasteiger partial charge in [-0.25, -0.2) is 0 Å². The summed E-state index contributed by atoms with van der Waals surface area (Å²) in [6, 6.07) is 15.4. The van der Waals surface area contributed by atoms with Gasteiger partial charge in [0.2, 0.25) is 5.91 Å². The molecule has 1 atom stereocenters. The van der Waals surface area contributed by atoms with E-state index in [9.17, 15) is 4.79 Å². The van der Waals surface area contributed by atoms with Crippen molar-refractivity contribution in [3.8, 4) is 5.75 Å². The zero-order valence-electron chi connectivity index (χ0n) is 14.7. The first kappa shape index (κ1) is 17.5. The summed E-state index contributed by atoms with van der Waals surface area (Å²) in [7, 11) is 3.71. The Balaban J connectivity index is 1.60. The van der Waals surface area contributed by atoms with Crippen molar-refractivity contribution in [3.63, 3.8) is 0 Å². The molecule has 5 nitrogen and oxygen atoms in total. The number of anilines is 1. The number of hydrogen-bond donors (Lipinski definition) is 1. The van der Waals surface area contributed by atoms with Crippen LogP contribution in [0.4, 0.5) is 5.69 Å². The second kappa shape index (κ2) is 8.14. The summed E-state index contributed by atoms with van der Waals surface area (Å²) in [5.41, 5.74) is 2.79. The van der Waals surface area contributed by atoms with Crippen molar-refractivity contribution in [1.29, 1.82) is 0 Å². The van der Waals surface area contributed by atoms with Crippen LogP contribution in [-0.4, -0.2) is 44.7 Å². The second-order valence-electron chi connectivity index (χ2n) is 6.28. The molecule has 2 aromatic carbocycles. The fraction of sp³-hybridized carbons (Fsp3) is 0.350. The predicted molar refractivity (Wildman–Crippen MR) is 98.0 cm³/mol. The average molecular weight is 340 g/mol. The number of carbonyl (C=O) groups is 1. The van der Waals surface area contributed by atoms with Crippen molar-refractivity contribution < 1.29 is 14.3 Å². The van der Waals surface area contributed by atoms with Gasteiger partial charge in [0.25, 0.3) is 0 Å². The van der Waals surface area contributed by atoms with E-state index < -0.39 is 0 Å². The maximum absolute atomic E-state index is 12.3. The molecular formula is C20H24N2O3. The number of amides is 1. The molecule has 1 N–H and O–H groups in total. The molecule has 1 fully saturated rings. The molecule has 3 rings (SSSR count). The van der Waals surface area contributed by atoms with Crippen LogP contribution in [0.25, 0.3) is 0 Å². The van der Waals surface area contributed by atoms with Crippen LogP contribution in [0.15, 0.2) is 48.5 Å². The van der Waals surface area contributed by atoms with Gasteiger partial charge in [0, 0.05) is 24.3 Å². The largest absolute Gasteiger partial charge is 0.496 e. The Morgan fingerprint density at radius 2 is 2.00 bits per heavy atom. The smallest absolute Gasteiger partial charge is 0.228 e. The summed E-state index contributed by atoms with van der Waals surface area (Å²) < 4.78 is 11.1. The number of nitrogens with zero attached hydrogens (tertiary/aromatic N) is 1. The zero-order valence-corrected chi connectivity index (χ0v) is 14.7. The van der Waals surface area contributed by atoms with Gasteiger partial charge >= 0.3 is 0 Å². The highest BCUT2D eigenvalue weighted by Gasteiger charge is 2.19. The van der Waals surface area contributed by atoms with Gasteiger partial charge in [-0.15, -0.1) is 0 Å². The molecule has 1 unspecified atom stereocenters. The molecule has 1 amide bonds.